The predicted octanol–water partition coefficient (Wildman–Crippen LogP) is 2.27. The highest BCUT2D eigenvalue weighted by Gasteiger charge is 2.10. The fourth-order valence-corrected chi connectivity index (χ4v) is 2.77. The topological polar surface area (TPSA) is 106 Å². The van der Waals surface area contributed by atoms with Crippen molar-refractivity contribution < 1.29 is 9.18 Å². The molecule has 2 N–H and O–H groups in total. The van der Waals surface area contributed by atoms with Crippen molar-refractivity contribution in [3.8, 4) is 11.4 Å². The van der Waals surface area contributed by atoms with Gasteiger partial charge in [-0.05, 0) is 49.4 Å². The molecule has 0 aliphatic carbocycles. The summed E-state index contributed by atoms with van der Waals surface area (Å²) >= 11 is 0. The minimum Gasteiger partial charge on any atom is -0.325 e. The van der Waals surface area contributed by atoms with Gasteiger partial charge in [-0.25, -0.2) is 14.4 Å². The van der Waals surface area contributed by atoms with Crippen LogP contribution in [0.4, 0.5) is 10.1 Å². The number of anilines is 1. The molecule has 1 amide bonds. The van der Waals surface area contributed by atoms with E-state index in [2.05, 4.69) is 25.5 Å². The van der Waals surface area contributed by atoms with Crippen LogP contribution >= 0.6 is 0 Å². The second-order valence-electron chi connectivity index (χ2n) is 6.21. The summed E-state index contributed by atoms with van der Waals surface area (Å²) < 4.78 is 14.5. The predicted molar refractivity (Wildman–Crippen MR) is 101 cm³/mol. The molecule has 2 aromatic carbocycles. The van der Waals surface area contributed by atoms with Gasteiger partial charge in [-0.15, -0.1) is 0 Å². The third kappa shape index (κ3) is 3.50. The standard InChI is InChI=1S/C19H15FN6O2/c1-11-22-18(25-24-11)12-2-5-14(6-3-12)23-17(27)9-26-10-21-16-7-4-13(20)8-15(16)19(26)28/h2-8,10H,9H2,1H3,(H,23,27)(H,22,24,25). The quantitative estimate of drug-likeness (QED) is 0.567. The molecule has 0 unspecified atom stereocenters. The van der Waals surface area contributed by atoms with E-state index in [9.17, 15) is 14.0 Å². The van der Waals surface area contributed by atoms with Crippen LogP contribution in [0.25, 0.3) is 22.3 Å². The lowest BCUT2D eigenvalue weighted by Crippen LogP contribution is -2.28. The number of fused-ring (bicyclic) bond motifs is 1. The Morgan fingerprint density at radius 1 is 1.21 bits per heavy atom. The highest BCUT2D eigenvalue weighted by Crippen LogP contribution is 2.18. The first kappa shape index (κ1) is 17.5. The molecule has 2 aromatic heterocycles. The number of carbonyl (C=O) groups excluding carboxylic acids is 1. The number of benzene rings is 2. The Kier molecular flexibility index (Phi) is 4.40. The van der Waals surface area contributed by atoms with Gasteiger partial charge < -0.3 is 5.32 Å². The van der Waals surface area contributed by atoms with Gasteiger partial charge in [0.15, 0.2) is 5.82 Å². The summed E-state index contributed by atoms with van der Waals surface area (Å²) in [6, 6.07) is 10.8. The average molecular weight is 378 g/mol. The Morgan fingerprint density at radius 2 is 2.00 bits per heavy atom. The molecule has 0 aliphatic heterocycles. The number of hydrogen-bond donors (Lipinski definition) is 2. The minimum absolute atomic E-state index is 0.126. The zero-order valence-electron chi connectivity index (χ0n) is 14.8. The lowest BCUT2D eigenvalue weighted by molar-refractivity contribution is -0.116. The SMILES string of the molecule is Cc1nc(-c2ccc(NC(=O)Cn3cnc4ccc(F)cc4c3=O)cc2)n[nH]1. The number of aromatic nitrogens is 5. The van der Waals surface area contributed by atoms with Gasteiger partial charge in [-0.1, -0.05) is 0 Å². The van der Waals surface area contributed by atoms with Crippen molar-refractivity contribution in [3.63, 3.8) is 0 Å². The van der Waals surface area contributed by atoms with Crippen LogP contribution in [0.3, 0.4) is 0 Å². The molecule has 9 heteroatoms. The molecule has 0 fully saturated rings. The highest BCUT2D eigenvalue weighted by molar-refractivity contribution is 5.91. The van der Waals surface area contributed by atoms with Crippen molar-refractivity contribution >= 4 is 22.5 Å². The Morgan fingerprint density at radius 3 is 2.71 bits per heavy atom. The van der Waals surface area contributed by atoms with E-state index in [1.165, 1.54) is 18.5 Å². The molecule has 2 heterocycles. The van der Waals surface area contributed by atoms with Crippen LogP contribution in [0.1, 0.15) is 5.82 Å². The van der Waals surface area contributed by atoms with E-state index in [1.54, 1.807) is 24.3 Å². The Bertz CT molecular complexity index is 1230. The van der Waals surface area contributed by atoms with E-state index in [0.29, 0.717) is 22.9 Å². The molecule has 4 rings (SSSR count). The maximum absolute atomic E-state index is 13.4. The number of carbonyl (C=O) groups is 1. The van der Waals surface area contributed by atoms with Crippen molar-refractivity contribution in [2.45, 2.75) is 13.5 Å². The molecule has 4 aromatic rings. The van der Waals surface area contributed by atoms with E-state index in [4.69, 9.17) is 0 Å². The summed E-state index contributed by atoms with van der Waals surface area (Å²) in [5, 5.41) is 9.69. The molecule has 0 aliphatic rings. The van der Waals surface area contributed by atoms with Gasteiger partial charge in [0.2, 0.25) is 5.91 Å². The van der Waals surface area contributed by atoms with Crippen molar-refractivity contribution in [2.75, 3.05) is 5.32 Å². The normalized spacial score (nSPS) is 10.9. The third-order valence-corrected chi connectivity index (χ3v) is 4.12. The largest absolute Gasteiger partial charge is 0.325 e. The summed E-state index contributed by atoms with van der Waals surface area (Å²) in [4.78, 5) is 33.1. The molecule has 28 heavy (non-hydrogen) atoms. The van der Waals surface area contributed by atoms with E-state index < -0.39 is 17.3 Å². The van der Waals surface area contributed by atoms with Crippen LogP contribution in [0.15, 0.2) is 53.6 Å². The number of aryl methyl sites for hydroxylation is 1. The molecule has 0 bridgehead atoms. The van der Waals surface area contributed by atoms with Gasteiger partial charge in [0.05, 0.1) is 17.2 Å². The zero-order valence-corrected chi connectivity index (χ0v) is 14.8. The van der Waals surface area contributed by atoms with Crippen LogP contribution in [0.5, 0.6) is 0 Å². The van der Waals surface area contributed by atoms with Crippen molar-refractivity contribution in [1.29, 1.82) is 0 Å². The third-order valence-electron chi connectivity index (χ3n) is 4.12. The lowest BCUT2D eigenvalue weighted by Gasteiger charge is -2.08. The number of rotatable bonds is 4. The van der Waals surface area contributed by atoms with E-state index >= 15 is 0 Å². The van der Waals surface area contributed by atoms with Crippen LogP contribution < -0.4 is 10.9 Å². The Hall–Kier alpha value is -3.88. The zero-order chi connectivity index (χ0) is 19.7. The first-order chi connectivity index (χ1) is 13.5. The monoisotopic (exact) mass is 378 g/mol. The number of halogens is 1. The minimum atomic E-state index is -0.532. The molecule has 0 spiro atoms. The number of nitrogens with one attached hydrogen (secondary N) is 2. The second-order valence-corrected chi connectivity index (χ2v) is 6.21. The second kappa shape index (κ2) is 7.03. The van der Waals surface area contributed by atoms with Crippen molar-refractivity contribution in [2.24, 2.45) is 0 Å². The molecular formula is C19H15FN6O2. The molecule has 8 nitrogen and oxygen atoms in total. The van der Waals surface area contributed by atoms with Gasteiger partial charge >= 0.3 is 0 Å². The average Bonchev–Trinajstić information content (AvgIpc) is 3.11. The molecule has 0 atom stereocenters. The van der Waals surface area contributed by atoms with Gasteiger partial charge in [0.1, 0.15) is 18.2 Å². The summed E-state index contributed by atoms with van der Waals surface area (Å²) in [6.45, 7) is 1.57. The highest BCUT2D eigenvalue weighted by atomic mass is 19.1. The molecular weight excluding hydrogens is 363 g/mol. The Labute approximate surface area is 158 Å². The molecule has 0 saturated carbocycles. The van der Waals surface area contributed by atoms with Crippen LogP contribution in [-0.4, -0.2) is 30.6 Å². The molecule has 140 valence electrons. The van der Waals surface area contributed by atoms with Gasteiger partial charge in [0, 0.05) is 11.3 Å². The van der Waals surface area contributed by atoms with E-state index in [-0.39, 0.29) is 11.9 Å². The molecule has 0 radical (unpaired) electrons. The summed E-state index contributed by atoms with van der Waals surface area (Å²) in [7, 11) is 0. The number of hydrogen-bond acceptors (Lipinski definition) is 5. The summed E-state index contributed by atoms with van der Waals surface area (Å²) in [5.41, 5.74) is 1.27. The summed E-state index contributed by atoms with van der Waals surface area (Å²) in [6.07, 6.45) is 1.27. The first-order valence-electron chi connectivity index (χ1n) is 8.43. The maximum atomic E-state index is 13.4. The summed E-state index contributed by atoms with van der Waals surface area (Å²) in [5.74, 6) is 0.342. The first-order valence-corrected chi connectivity index (χ1v) is 8.43. The van der Waals surface area contributed by atoms with Crippen LogP contribution in [-0.2, 0) is 11.3 Å². The van der Waals surface area contributed by atoms with E-state index in [1.807, 2.05) is 6.92 Å². The number of nitrogens with zero attached hydrogens (tertiary/aromatic N) is 4. The van der Waals surface area contributed by atoms with Crippen molar-refractivity contribution in [1.82, 2.24) is 24.7 Å². The molecule has 0 saturated heterocycles. The van der Waals surface area contributed by atoms with Crippen LogP contribution in [0.2, 0.25) is 0 Å². The fourth-order valence-electron chi connectivity index (χ4n) is 2.77. The Balaban J connectivity index is 1.49. The van der Waals surface area contributed by atoms with Gasteiger partial charge in [0.25, 0.3) is 5.56 Å². The van der Waals surface area contributed by atoms with Crippen LogP contribution in [0, 0.1) is 12.7 Å². The van der Waals surface area contributed by atoms with E-state index in [0.717, 1.165) is 16.2 Å². The smallest absolute Gasteiger partial charge is 0.261 e. The number of amides is 1. The fraction of sp³-hybridized carbons (Fsp3) is 0.105. The lowest BCUT2D eigenvalue weighted by atomic mass is 10.2. The number of H-pyrrole nitrogens is 1. The van der Waals surface area contributed by atoms with Gasteiger partial charge in [-0.2, -0.15) is 5.10 Å². The maximum Gasteiger partial charge on any atom is 0.261 e. The number of aromatic amines is 1. The van der Waals surface area contributed by atoms with Crippen molar-refractivity contribution in [3.05, 3.63) is 70.8 Å². The van der Waals surface area contributed by atoms with Gasteiger partial charge in [-0.3, -0.25) is 19.3 Å².